The SMILES string of the molecule is CC(CN1CCN(Cc2ccccc2Cl)c2ccccc21)N1CCCCC1. The second kappa shape index (κ2) is 8.53. The van der Waals surface area contributed by atoms with Gasteiger partial charge in [0.15, 0.2) is 0 Å². The summed E-state index contributed by atoms with van der Waals surface area (Å²) in [6.45, 7) is 8.99. The molecule has 2 aliphatic heterocycles. The molecule has 0 amide bonds. The predicted molar refractivity (Wildman–Crippen MR) is 116 cm³/mol. The molecular weight excluding hydrogens is 354 g/mol. The Kier molecular flexibility index (Phi) is 5.89. The van der Waals surface area contributed by atoms with Crippen LogP contribution in [0, 0.1) is 0 Å². The van der Waals surface area contributed by atoms with Gasteiger partial charge in [-0.3, -0.25) is 4.90 Å². The Hall–Kier alpha value is -1.71. The molecule has 0 spiro atoms. The summed E-state index contributed by atoms with van der Waals surface area (Å²) in [6.07, 6.45) is 4.10. The molecule has 0 aliphatic carbocycles. The average Bonchev–Trinajstić information content (AvgIpc) is 2.72. The zero-order chi connectivity index (χ0) is 18.6. The molecular formula is C23H30ClN3. The van der Waals surface area contributed by atoms with Crippen LogP contribution in [0.2, 0.25) is 5.02 Å². The van der Waals surface area contributed by atoms with Crippen LogP contribution in [-0.4, -0.2) is 43.7 Å². The maximum Gasteiger partial charge on any atom is 0.0607 e. The van der Waals surface area contributed by atoms with E-state index < -0.39 is 0 Å². The van der Waals surface area contributed by atoms with Crippen molar-refractivity contribution in [2.75, 3.05) is 42.5 Å². The van der Waals surface area contributed by atoms with Crippen molar-refractivity contribution in [1.29, 1.82) is 0 Å². The molecule has 4 heteroatoms. The molecule has 1 unspecified atom stereocenters. The van der Waals surface area contributed by atoms with Crippen LogP contribution in [0.5, 0.6) is 0 Å². The normalized spacial score (nSPS) is 19.0. The van der Waals surface area contributed by atoms with Crippen molar-refractivity contribution in [2.45, 2.75) is 38.8 Å². The maximum atomic E-state index is 6.41. The van der Waals surface area contributed by atoms with Gasteiger partial charge < -0.3 is 9.80 Å². The van der Waals surface area contributed by atoms with Crippen molar-refractivity contribution in [3.05, 3.63) is 59.1 Å². The molecule has 0 aromatic heterocycles. The number of benzene rings is 2. The highest BCUT2D eigenvalue weighted by Crippen LogP contribution is 2.34. The average molecular weight is 384 g/mol. The highest BCUT2D eigenvalue weighted by atomic mass is 35.5. The molecule has 2 aromatic carbocycles. The molecule has 0 saturated carbocycles. The van der Waals surface area contributed by atoms with E-state index in [4.69, 9.17) is 11.6 Å². The standard InChI is InChI=1S/C23H30ClN3/c1-19(25-13-7-2-8-14-25)17-26-15-16-27(23-12-6-5-11-22(23)26)18-20-9-3-4-10-21(20)24/h3-6,9-12,19H,2,7-8,13-18H2,1H3. The molecule has 1 atom stereocenters. The summed E-state index contributed by atoms with van der Waals surface area (Å²) < 4.78 is 0. The highest BCUT2D eigenvalue weighted by Gasteiger charge is 2.26. The van der Waals surface area contributed by atoms with E-state index in [1.54, 1.807) is 0 Å². The number of para-hydroxylation sites is 2. The molecule has 4 rings (SSSR count). The third-order valence-electron chi connectivity index (χ3n) is 6.02. The summed E-state index contributed by atoms with van der Waals surface area (Å²) in [5, 5.41) is 0.858. The summed E-state index contributed by atoms with van der Waals surface area (Å²) in [5.74, 6) is 0. The van der Waals surface area contributed by atoms with E-state index in [1.165, 1.54) is 49.3 Å². The van der Waals surface area contributed by atoms with E-state index in [2.05, 4.69) is 58.0 Å². The molecule has 0 bridgehead atoms. The Balaban J connectivity index is 1.50. The van der Waals surface area contributed by atoms with E-state index in [-0.39, 0.29) is 0 Å². The first-order valence-corrected chi connectivity index (χ1v) is 10.7. The van der Waals surface area contributed by atoms with Crippen molar-refractivity contribution in [1.82, 2.24) is 4.90 Å². The molecule has 2 aliphatic rings. The third-order valence-corrected chi connectivity index (χ3v) is 6.39. The second-order valence-electron chi connectivity index (χ2n) is 7.89. The number of nitrogens with zero attached hydrogens (tertiary/aromatic N) is 3. The molecule has 2 heterocycles. The minimum Gasteiger partial charge on any atom is -0.367 e. The smallest absolute Gasteiger partial charge is 0.0607 e. The fourth-order valence-corrected chi connectivity index (χ4v) is 4.66. The number of hydrogen-bond acceptors (Lipinski definition) is 3. The molecule has 3 nitrogen and oxygen atoms in total. The van der Waals surface area contributed by atoms with E-state index in [9.17, 15) is 0 Å². The number of likely N-dealkylation sites (tertiary alicyclic amines) is 1. The number of piperidine rings is 1. The number of anilines is 2. The van der Waals surface area contributed by atoms with Crippen molar-refractivity contribution in [3.63, 3.8) is 0 Å². The van der Waals surface area contributed by atoms with Gasteiger partial charge in [-0.2, -0.15) is 0 Å². The van der Waals surface area contributed by atoms with Gasteiger partial charge in [0.2, 0.25) is 0 Å². The molecule has 1 saturated heterocycles. The molecule has 144 valence electrons. The lowest BCUT2D eigenvalue weighted by molar-refractivity contribution is 0.176. The van der Waals surface area contributed by atoms with Gasteiger partial charge in [-0.25, -0.2) is 0 Å². The highest BCUT2D eigenvalue weighted by molar-refractivity contribution is 6.31. The summed E-state index contributed by atoms with van der Waals surface area (Å²) in [6, 6.07) is 17.6. The van der Waals surface area contributed by atoms with Crippen LogP contribution in [0.4, 0.5) is 11.4 Å². The lowest BCUT2D eigenvalue weighted by Gasteiger charge is -2.42. The molecule has 27 heavy (non-hydrogen) atoms. The molecule has 1 fully saturated rings. The van der Waals surface area contributed by atoms with Crippen molar-refractivity contribution < 1.29 is 0 Å². The van der Waals surface area contributed by atoms with Gasteiger partial charge in [-0.1, -0.05) is 48.4 Å². The third kappa shape index (κ3) is 4.25. The Labute approximate surface area is 168 Å². The summed E-state index contributed by atoms with van der Waals surface area (Å²) in [4.78, 5) is 7.72. The Morgan fingerprint density at radius 2 is 1.44 bits per heavy atom. The lowest BCUT2D eigenvalue weighted by Crippen LogP contribution is -2.48. The van der Waals surface area contributed by atoms with Crippen LogP contribution in [0.25, 0.3) is 0 Å². The summed E-state index contributed by atoms with van der Waals surface area (Å²) >= 11 is 6.41. The predicted octanol–water partition coefficient (Wildman–Crippen LogP) is 5.04. The van der Waals surface area contributed by atoms with Crippen molar-refractivity contribution in [2.24, 2.45) is 0 Å². The van der Waals surface area contributed by atoms with Crippen molar-refractivity contribution in [3.8, 4) is 0 Å². The first-order valence-electron chi connectivity index (χ1n) is 10.3. The monoisotopic (exact) mass is 383 g/mol. The van der Waals surface area contributed by atoms with E-state index in [1.807, 2.05) is 12.1 Å². The summed E-state index contributed by atoms with van der Waals surface area (Å²) in [7, 11) is 0. The van der Waals surface area contributed by atoms with Gasteiger partial charge in [-0.05, 0) is 56.6 Å². The zero-order valence-electron chi connectivity index (χ0n) is 16.3. The maximum absolute atomic E-state index is 6.41. The van der Waals surface area contributed by atoms with Gasteiger partial charge in [-0.15, -0.1) is 0 Å². The fourth-order valence-electron chi connectivity index (χ4n) is 4.46. The van der Waals surface area contributed by atoms with E-state index >= 15 is 0 Å². The number of fused-ring (bicyclic) bond motifs is 1. The van der Waals surface area contributed by atoms with Crippen LogP contribution in [0.15, 0.2) is 48.5 Å². The van der Waals surface area contributed by atoms with Gasteiger partial charge in [0.25, 0.3) is 0 Å². The minimum atomic E-state index is 0.605. The second-order valence-corrected chi connectivity index (χ2v) is 8.30. The largest absolute Gasteiger partial charge is 0.367 e. The minimum absolute atomic E-state index is 0.605. The molecule has 0 radical (unpaired) electrons. The van der Waals surface area contributed by atoms with E-state index in [0.717, 1.165) is 31.2 Å². The summed E-state index contributed by atoms with van der Waals surface area (Å²) in [5.41, 5.74) is 3.89. The van der Waals surface area contributed by atoms with Gasteiger partial charge in [0.05, 0.1) is 11.4 Å². The van der Waals surface area contributed by atoms with Crippen LogP contribution in [-0.2, 0) is 6.54 Å². The van der Waals surface area contributed by atoms with Crippen LogP contribution in [0.3, 0.4) is 0 Å². The lowest BCUT2D eigenvalue weighted by atomic mass is 10.1. The topological polar surface area (TPSA) is 9.72 Å². The van der Waals surface area contributed by atoms with Gasteiger partial charge in [0, 0.05) is 37.2 Å². The molecule has 0 N–H and O–H groups in total. The zero-order valence-corrected chi connectivity index (χ0v) is 17.0. The van der Waals surface area contributed by atoms with Crippen molar-refractivity contribution >= 4 is 23.0 Å². The van der Waals surface area contributed by atoms with Crippen LogP contribution in [0.1, 0.15) is 31.7 Å². The Bertz CT molecular complexity index is 757. The van der Waals surface area contributed by atoms with Crippen LogP contribution < -0.4 is 9.80 Å². The van der Waals surface area contributed by atoms with Crippen LogP contribution >= 0.6 is 11.6 Å². The van der Waals surface area contributed by atoms with Gasteiger partial charge >= 0.3 is 0 Å². The first kappa shape index (κ1) is 18.6. The number of hydrogen-bond donors (Lipinski definition) is 0. The Morgan fingerprint density at radius 1 is 0.815 bits per heavy atom. The quantitative estimate of drug-likeness (QED) is 0.716. The fraction of sp³-hybridized carbons (Fsp3) is 0.478. The number of halogens is 1. The van der Waals surface area contributed by atoms with Gasteiger partial charge in [0.1, 0.15) is 0 Å². The first-order chi connectivity index (χ1) is 13.2. The molecule has 2 aromatic rings. The number of rotatable bonds is 5. The Morgan fingerprint density at radius 3 is 2.19 bits per heavy atom. The van der Waals surface area contributed by atoms with E-state index in [0.29, 0.717) is 6.04 Å².